The average Bonchev–Trinajstić information content (AvgIpc) is 2.81. The van der Waals surface area contributed by atoms with Crippen LogP contribution in [0.25, 0.3) is 5.69 Å². The van der Waals surface area contributed by atoms with Crippen LogP contribution in [0.5, 0.6) is 0 Å². The summed E-state index contributed by atoms with van der Waals surface area (Å²) < 4.78 is 3.42. The molecule has 122 valence electrons. The fourth-order valence-corrected chi connectivity index (χ4v) is 2.61. The Kier molecular flexibility index (Phi) is 4.53. The molecule has 0 atom stereocenters. The van der Waals surface area contributed by atoms with E-state index in [1.54, 1.807) is 34.6 Å². The maximum absolute atomic E-state index is 12.5. The van der Waals surface area contributed by atoms with E-state index in [1.807, 2.05) is 49.5 Å². The predicted octanol–water partition coefficient (Wildman–Crippen LogP) is 3.58. The number of anilines is 1. The van der Waals surface area contributed by atoms with Crippen LogP contribution < -0.4 is 11.0 Å². The van der Waals surface area contributed by atoms with E-state index in [-0.39, 0.29) is 5.56 Å². The van der Waals surface area contributed by atoms with Crippen LogP contribution in [-0.4, -0.2) is 15.6 Å². The van der Waals surface area contributed by atoms with E-state index >= 15 is 0 Å². The van der Waals surface area contributed by atoms with Crippen molar-refractivity contribution in [1.29, 1.82) is 0 Å². The lowest BCUT2D eigenvalue weighted by Crippen LogP contribution is -2.20. The SMILES string of the molecule is Cc1c(/C=N\Nc2ccc(Cl)cc2)n(C)n(-c2ccccc2)c1=O. The second-order valence-corrected chi connectivity index (χ2v) is 5.80. The average molecular weight is 341 g/mol. The molecule has 0 bridgehead atoms. The summed E-state index contributed by atoms with van der Waals surface area (Å²) in [5, 5.41) is 4.89. The molecule has 1 heterocycles. The molecule has 0 saturated heterocycles. The van der Waals surface area contributed by atoms with Crippen molar-refractivity contribution in [2.24, 2.45) is 12.1 Å². The molecule has 3 aromatic rings. The van der Waals surface area contributed by atoms with Gasteiger partial charge in [0.05, 0.1) is 23.3 Å². The van der Waals surface area contributed by atoms with Crippen molar-refractivity contribution in [1.82, 2.24) is 9.36 Å². The Labute approximate surface area is 144 Å². The number of rotatable bonds is 4. The summed E-state index contributed by atoms with van der Waals surface area (Å²) >= 11 is 5.85. The van der Waals surface area contributed by atoms with Gasteiger partial charge >= 0.3 is 0 Å². The van der Waals surface area contributed by atoms with Gasteiger partial charge in [0.1, 0.15) is 0 Å². The number of hydrogen-bond donors (Lipinski definition) is 1. The number of halogens is 1. The van der Waals surface area contributed by atoms with Gasteiger partial charge in [0, 0.05) is 17.6 Å². The minimum Gasteiger partial charge on any atom is -0.279 e. The Balaban J connectivity index is 1.90. The number of nitrogens with zero attached hydrogens (tertiary/aromatic N) is 3. The van der Waals surface area contributed by atoms with E-state index in [1.165, 1.54) is 0 Å². The van der Waals surface area contributed by atoms with Gasteiger partial charge in [0.2, 0.25) is 0 Å². The van der Waals surface area contributed by atoms with Crippen LogP contribution in [0, 0.1) is 6.92 Å². The lowest BCUT2D eigenvalue weighted by molar-refractivity contribution is 0.643. The Morgan fingerprint density at radius 2 is 1.75 bits per heavy atom. The maximum Gasteiger partial charge on any atom is 0.274 e. The molecule has 5 nitrogen and oxygen atoms in total. The largest absolute Gasteiger partial charge is 0.279 e. The molecular weight excluding hydrogens is 324 g/mol. The van der Waals surface area contributed by atoms with Gasteiger partial charge in [-0.3, -0.25) is 14.9 Å². The lowest BCUT2D eigenvalue weighted by Gasteiger charge is -2.08. The van der Waals surface area contributed by atoms with Crippen molar-refractivity contribution in [3.63, 3.8) is 0 Å². The van der Waals surface area contributed by atoms with E-state index in [0.717, 1.165) is 17.1 Å². The van der Waals surface area contributed by atoms with Gasteiger partial charge in [-0.2, -0.15) is 5.10 Å². The zero-order valence-corrected chi connectivity index (χ0v) is 14.2. The van der Waals surface area contributed by atoms with Crippen LogP contribution in [-0.2, 0) is 7.05 Å². The van der Waals surface area contributed by atoms with Gasteiger partial charge in [-0.05, 0) is 43.3 Å². The predicted molar refractivity (Wildman–Crippen MR) is 98.4 cm³/mol. The zero-order chi connectivity index (χ0) is 17.1. The lowest BCUT2D eigenvalue weighted by atomic mass is 10.3. The molecule has 0 saturated carbocycles. The highest BCUT2D eigenvalue weighted by Gasteiger charge is 2.13. The second kappa shape index (κ2) is 6.76. The number of benzene rings is 2. The second-order valence-electron chi connectivity index (χ2n) is 5.36. The monoisotopic (exact) mass is 340 g/mol. The summed E-state index contributed by atoms with van der Waals surface area (Å²) in [6, 6.07) is 16.8. The van der Waals surface area contributed by atoms with Crippen LogP contribution in [0.2, 0.25) is 5.02 Å². The summed E-state index contributed by atoms with van der Waals surface area (Å²) in [6.07, 6.45) is 1.64. The van der Waals surface area contributed by atoms with E-state index in [9.17, 15) is 4.79 Å². The van der Waals surface area contributed by atoms with Crippen LogP contribution >= 0.6 is 11.6 Å². The van der Waals surface area contributed by atoms with Crippen LogP contribution in [0.3, 0.4) is 0 Å². The maximum atomic E-state index is 12.5. The van der Waals surface area contributed by atoms with Gasteiger partial charge in [-0.1, -0.05) is 29.8 Å². The standard InChI is InChI=1S/C18H17ClN4O/c1-13-17(12-20-21-15-10-8-14(19)9-11-15)22(2)23(18(13)24)16-6-4-3-5-7-16/h3-12,21H,1-2H3/b20-12-. The minimum absolute atomic E-state index is 0.0587. The molecule has 0 aliphatic carbocycles. The zero-order valence-electron chi connectivity index (χ0n) is 13.4. The van der Waals surface area contributed by atoms with E-state index in [4.69, 9.17) is 11.6 Å². The number of hydrogen-bond acceptors (Lipinski definition) is 3. The highest BCUT2D eigenvalue weighted by atomic mass is 35.5. The first kappa shape index (κ1) is 16.1. The quantitative estimate of drug-likeness (QED) is 0.583. The molecule has 1 aromatic heterocycles. The number of aromatic nitrogens is 2. The van der Waals surface area contributed by atoms with Gasteiger partial charge in [0.15, 0.2) is 0 Å². The molecule has 0 unspecified atom stereocenters. The van der Waals surface area contributed by atoms with Crippen molar-refractivity contribution in [3.05, 3.63) is 81.2 Å². The van der Waals surface area contributed by atoms with Crippen molar-refractivity contribution in [2.45, 2.75) is 6.92 Å². The van der Waals surface area contributed by atoms with Gasteiger partial charge in [-0.25, -0.2) is 4.68 Å². The highest BCUT2D eigenvalue weighted by Crippen LogP contribution is 2.13. The molecule has 2 aromatic carbocycles. The molecule has 0 aliphatic heterocycles. The minimum atomic E-state index is -0.0587. The molecule has 24 heavy (non-hydrogen) atoms. The van der Waals surface area contributed by atoms with Crippen molar-refractivity contribution >= 4 is 23.5 Å². The summed E-state index contributed by atoms with van der Waals surface area (Å²) in [4.78, 5) is 12.5. The van der Waals surface area contributed by atoms with Crippen molar-refractivity contribution in [2.75, 3.05) is 5.43 Å². The summed E-state index contributed by atoms with van der Waals surface area (Å²) in [6.45, 7) is 1.80. The van der Waals surface area contributed by atoms with Crippen LogP contribution in [0.1, 0.15) is 11.3 Å². The normalized spacial score (nSPS) is 11.1. The van der Waals surface area contributed by atoms with Gasteiger partial charge in [-0.15, -0.1) is 0 Å². The van der Waals surface area contributed by atoms with Gasteiger partial charge < -0.3 is 0 Å². The summed E-state index contributed by atoms with van der Waals surface area (Å²) in [7, 11) is 1.84. The topological polar surface area (TPSA) is 51.3 Å². The molecular formula is C18H17ClN4O. The Morgan fingerprint density at radius 3 is 2.42 bits per heavy atom. The smallest absolute Gasteiger partial charge is 0.274 e. The van der Waals surface area contributed by atoms with E-state index in [2.05, 4.69) is 10.5 Å². The third kappa shape index (κ3) is 3.12. The van der Waals surface area contributed by atoms with E-state index in [0.29, 0.717) is 10.6 Å². The third-order valence-electron chi connectivity index (χ3n) is 3.77. The highest BCUT2D eigenvalue weighted by molar-refractivity contribution is 6.30. The van der Waals surface area contributed by atoms with E-state index < -0.39 is 0 Å². The number of hydrazone groups is 1. The molecule has 6 heteroatoms. The van der Waals surface area contributed by atoms with Crippen LogP contribution in [0.15, 0.2) is 64.5 Å². The fraction of sp³-hybridized carbons (Fsp3) is 0.111. The van der Waals surface area contributed by atoms with Crippen molar-refractivity contribution in [3.8, 4) is 5.69 Å². The molecule has 0 radical (unpaired) electrons. The summed E-state index contributed by atoms with van der Waals surface area (Å²) in [5.74, 6) is 0. The molecule has 1 N–H and O–H groups in total. The summed E-state index contributed by atoms with van der Waals surface area (Å²) in [5.41, 5.74) is 5.89. The van der Waals surface area contributed by atoms with Crippen LogP contribution in [0.4, 0.5) is 5.69 Å². The Bertz CT molecular complexity index is 924. The third-order valence-corrected chi connectivity index (χ3v) is 4.02. The Morgan fingerprint density at radius 1 is 1.08 bits per heavy atom. The first-order valence-electron chi connectivity index (χ1n) is 7.46. The molecule has 0 aliphatic rings. The molecule has 0 spiro atoms. The van der Waals surface area contributed by atoms with Crippen molar-refractivity contribution < 1.29 is 0 Å². The first-order chi connectivity index (χ1) is 11.6. The van der Waals surface area contributed by atoms with Gasteiger partial charge in [0.25, 0.3) is 5.56 Å². The number of nitrogens with one attached hydrogen (secondary N) is 1. The number of para-hydroxylation sites is 1. The first-order valence-corrected chi connectivity index (χ1v) is 7.84. The molecule has 3 rings (SSSR count). The fourth-order valence-electron chi connectivity index (χ4n) is 2.49. The molecule has 0 amide bonds. The molecule has 0 fully saturated rings. The Hall–Kier alpha value is -2.79.